The fraction of sp³-hybridized carbons (Fsp3) is 0.917. The summed E-state index contributed by atoms with van der Waals surface area (Å²) in [5.41, 5.74) is -12.1. The van der Waals surface area contributed by atoms with E-state index < -0.39 is 125 Å². The zero-order valence-electron chi connectivity index (χ0n) is 25.1. The number of halogens is 24. The van der Waals surface area contributed by atoms with Crippen molar-refractivity contribution in [2.24, 2.45) is 22.2 Å². The van der Waals surface area contributed by atoms with Gasteiger partial charge in [0.25, 0.3) is 0 Å². The lowest BCUT2D eigenvalue weighted by Gasteiger charge is -2.49. The first-order chi connectivity index (χ1) is 22.3. The van der Waals surface area contributed by atoms with Gasteiger partial charge in [0.2, 0.25) is 0 Å². The van der Waals surface area contributed by atoms with Gasteiger partial charge in [-0.3, -0.25) is 9.59 Å². The predicted octanol–water partition coefficient (Wildman–Crippen LogP) is 9.86. The molecule has 0 aromatic carbocycles. The molecule has 0 amide bonds. The zero-order chi connectivity index (χ0) is 42.5. The van der Waals surface area contributed by atoms with E-state index in [-0.39, 0.29) is 20.8 Å². The minimum Gasteiger partial charge on any atom is -0.481 e. The van der Waals surface area contributed by atoms with Crippen molar-refractivity contribution in [3.05, 3.63) is 0 Å². The van der Waals surface area contributed by atoms with E-state index in [0.29, 0.717) is 0 Å². The molecule has 3 atom stereocenters. The summed E-state index contributed by atoms with van der Waals surface area (Å²) in [6.07, 6.45) is -22.3. The third-order valence-electron chi connectivity index (χ3n) is 9.59. The molecule has 28 heteroatoms. The lowest BCUT2D eigenvalue weighted by Crippen LogP contribution is -2.70. The summed E-state index contributed by atoms with van der Waals surface area (Å²) < 4.78 is 333. The van der Waals surface area contributed by atoms with Crippen molar-refractivity contribution < 1.29 is 125 Å². The molecule has 2 N–H and O–H groups in total. The molecular weight excluding hydrogens is 808 g/mol. The third kappa shape index (κ3) is 5.70. The van der Waals surface area contributed by atoms with Gasteiger partial charge in [0.1, 0.15) is 0 Å². The highest BCUT2D eigenvalue weighted by molar-refractivity contribution is 5.83. The first-order valence-electron chi connectivity index (χ1n) is 13.1. The zero-order valence-corrected chi connectivity index (χ0v) is 25.1. The molecular formula is C24H20F24O4. The van der Waals surface area contributed by atoms with E-state index in [4.69, 9.17) is 0 Å². The molecule has 0 radical (unpaired) electrons. The highest BCUT2D eigenvalue weighted by Crippen LogP contribution is 2.72. The van der Waals surface area contributed by atoms with Crippen LogP contribution in [0.2, 0.25) is 0 Å². The van der Waals surface area contributed by atoms with Crippen LogP contribution < -0.4 is 0 Å². The summed E-state index contributed by atoms with van der Waals surface area (Å²) in [5, 5.41) is 19.4. The average molecular weight is 828 g/mol. The van der Waals surface area contributed by atoms with Gasteiger partial charge < -0.3 is 10.2 Å². The number of carbonyl (C=O) groups is 2. The third-order valence-corrected chi connectivity index (χ3v) is 9.59. The summed E-state index contributed by atoms with van der Waals surface area (Å²) >= 11 is 0. The Labute approximate surface area is 272 Å². The Balaban J connectivity index is 4.20. The quantitative estimate of drug-likeness (QED) is 0.152. The molecule has 0 saturated heterocycles. The van der Waals surface area contributed by atoms with Crippen molar-refractivity contribution >= 4 is 11.9 Å². The summed E-state index contributed by atoms with van der Waals surface area (Å²) in [6, 6.07) is 0. The average Bonchev–Trinajstić information content (AvgIpc) is 3.09. The number of rotatable bonds is 16. The van der Waals surface area contributed by atoms with Crippen LogP contribution in [0.1, 0.15) is 40.0 Å². The van der Waals surface area contributed by atoms with Crippen LogP contribution in [0.5, 0.6) is 0 Å². The Morgan fingerprint density at radius 2 is 0.846 bits per heavy atom. The molecule has 0 aromatic heterocycles. The summed E-state index contributed by atoms with van der Waals surface area (Å²) in [5.74, 6) is -90.0. The summed E-state index contributed by atoms with van der Waals surface area (Å²) in [7, 11) is 0. The summed E-state index contributed by atoms with van der Waals surface area (Å²) in [4.78, 5) is 24.5. The van der Waals surface area contributed by atoms with E-state index >= 15 is 8.78 Å². The van der Waals surface area contributed by atoms with Crippen LogP contribution in [0.3, 0.4) is 0 Å². The number of carboxylic acid groups (broad SMARTS) is 2. The Kier molecular flexibility index (Phi) is 11.3. The minimum absolute atomic E-state index is 0.0522. The van der Waals surface area contributed by atoms with Gasteiger partial charge in [-0.2, -0.15) is 87.8 Å². The van der Waals surface area contributed by atoms with E-state index in [1.165, 1.54) is 0 Å². The second kappa shape index (κ2) is 12.4. The molecule has 1 rings (SSSR count). The Morgan fingerprint density at radius 1 is 0.538 bits per heavy atom. The van der Waals surface area contributed by atoms with Crippen LogP contribution in [0, 0.1) is 22.2 Å². The van der Waals surface area contributed by atoms with Gasteiger partial charge in [-0.1, -0.05) is 13.8 Å². The highest BCUT2D eigenvalue weighted by atomic mass is 19.4. The molecule has 3 unspecified atom stereocenters. The van der Waals surface area contributed by atoms with Crippen LogP contribution in [0.25, 0.3) is 0 Å². The normalized spacial score (nSPS) is 24.9. The number of hydrogen-bond donors (Lipinski definition) is 2. The predicted molar refractivity (Wildman–Crippen MR) is 118 cm³/mol. The Hall–Kier alpha value is -2.74. The number of aliphatic carboxylic acids is 2. The van der Waals surface area contributed by atoms with Gasteiger partial charge in [0.15, 0.2) is 0 Å². The topological polar surface area (TPSA) is 74.6 Å². The van der Waals surface area contributed by atoms with Crippen molar-refractivity contribution in [3.8, 4) is 0 Å². The van der Waals surface area contributed by atoms with E-state index in [0.717, 1.165) is 0 Å². The van der Waals surface area contributed by atoms with Gasteiger partial charge in [0, 0.05) is 12.8 Å². The molecule has 4 nitrogen and oxygen atoms in total. The minimum atomic E-state index is -8.45. The van der Waals surface area contributed by atoms with E-state index in [1.807, 2.05) is 0 Å². The SMILES string of the molecule is CC1(C(=O)O)CC(CC(F)(F)C(F)(F)C(F)(F)C(F)(F)C(F)(F)C(F)F)C(CC(F)(F)C(F)(F)C(F)(F)C(F)(F)C(F)(F)C(F)F)(C(=O)O)C1(C)C. The fourth-order valence-corrected chi connectivity index (χ4v) is 5.85. The molecule has 0 heterocycles. The fourth-order valence-electron chi connectivity index (χ4n) is 5.85. The molecule has 52 heavy (non-hydrogen) atoms. The standard InChI is InChI=1S/C24H20F24O4/c1-12(2)13(3,10(49)50)4-7(5-15(29,30)19(37,38)23(45,46)21(41,42)17(33,34)8(25)26)14(12,11(51)52)6-16(31,32)20(39,40)24(47,48)22(43,44)18(35,36)9(27)28/h7-9H,4-6H2,1-3H3,(H,49,50)(H,51,52). The molecule has 1 aliphatic rings. The molecule has 1 saturated carbocycles. The number of carboxylic acids is 2. The van der Waals surface area contributed by atoms with Gasteiger partial charge in [-0.15, -0.1) is 0 Å². The molecule has 0 spiro atoms. The van der Waals surface area contributed by atoms with Crippen LogP contribution in [-0.2, 0) is 9.59 Å². The van der Waals surface area contributed by atoms with Crippen molar-refractivity contribution in [1.29, 1.82) is 0 Å². The molecule has 0 aliphatic heterocycles. The van der Waals surface area contributed by atoms with Crippen LogP contribution in [0.15, 0.2) is 0 Å². The molecule has 1 fully saturated rings. The van der Waals surface area contributed by atoms with Gasteiger partial charge in [-0.25, -0.2) is 17.6 Å². The van der Waals surface area contributed by atoms with Crippen LogP contribution >= 0.6 is 0 Å². The van der Waals surface area contributed by atoms with E-state index in [9.17, 15) is 116 Å². The lowest BCUT2D eigenvalue weighted by molar-refractivity contribution is -0.417. The second-order valence-electron chi connectivity index (χ2n) is 12.5. The smallest absolute Gasteiger partial charge is 0.384 e. The molecule has 0 aromatic rings. The number of alkyl halides is 24. The maximum Gasteiger partial charge on any atom is 0.384 e. The second-order valence-corrected chi connectivity index (χ2v) is 12.5. The Bertz CT molecular complexity index is 1370. The van der Waals surface area contributed by atoms with Gasteiger partial charge in [0.05, 0.1) is 10.8 Å². The van der Waals surface area contributed by atoms with Crippen molar-refractivity contribution in [3.63, 3.8) is 0 Å². The number of hydrogen-bond acceptors (Lipinski definition) is 2. The molecule has 0 bridgehead atoms. The monoisotopic (exact) mass is 828 g/mol. The van der Waals surface area contributed by atoms with Crippen LogP contribution in [-0.4, -0.2) is 94.2 Å². The molecule has 1 aliphatic carbocycles. The molecule has 308 valence electrons. The largest absolute Gasteiger partial charge is 0.481 e. The summed E-state index contributed by atoms with van der Waals surface area (Å²) in [6.45, 7) is -0.0374. The van der Waals surface area contributed by atoms with Crippen molar-refractivity contribution in [1.82, 2.24) is 0 Å². The van der Waals surface area contributed by atoms with Crippen molar-refractivity contribution in [2.45, 2.75) is 112 Å². The first kappa shape index (κ1) is 47.3. The maximum atomic E-state index is 15.1. The Morgan fingerprint density at radius 3 is 1.12 bits per heavy atom. The van der Waals surface area contributed by atoms with Crippen LogP contribution in [0.4, 0.5) is 105 Å². The van der Waals surface area contributed by atoms with Gasteiger partial charge in [-0.05, 0) is 24.7 Å². The van der Waals surface area contributed by atoms with Gasteiger partial charge >= 0.3 is 84.0 Å². The van der Waals surface area contributed by atoms with E-state index in [1.54, 1.807) is 0 Å². The van der Waals surface area contributed by atoms with Crippen molar-refractivity contribution in [2.75, 3.05) is 0 Å². The maximum absolute atomic E-state index is 15.1. The highest BCUT2D eigenvalue weighted by Gasteiger charge is 2.91. The van der Waals surface area contributed by atoms with E-state index in [2.05, 4.69) is 0 Å². The lowest BCUT2D eigenvalue weighted by atomic mass is 9.54. The first-order valence-corrected chi connectivity index (χ1v) is 13.1.